The van der Waals surface area contributed by atoms with Crippen LogP contribution in [0.3, 0.4) is 0 Å². The first-order valence-electron chi connectivity index (χ1n) is 4.72. The van der Waals surface area contributed by atoms with Crippen LogP contribution < -0.4 is 10.1 Å². The van der Waals surface area contributed by atoms with E-state index >= 15 is 0 Å². The third kappa shape index (κ3) is 2.59. The zero-order valence-corrected chi connectivity index (χ0v) is 10.5. The molecule has 0 saturated carbocycles. The summed E-state index contributed by atoms with van der Waals surface area (Å²) in [5.74, 6) is 0.451. The molecular formula is C11H9NO3S2. The predicted molar refractivity (Wildman–Crippen MR) is 71.0 cm³/mol. The summed E-state index contributed by atoms with van der Waals surface area (Å²) in [6.45, 7) is 0. The molecule has 1 aliphatic heterocycles. The van der Waals surface area contributed by atoms with Crippen molar-refractivity contribution in [1.82, 2.24) is 5.32 Å². The maximum Gasteiger partial charge on any atom is 0.263 e. The van der Waals surface area contributed by atoms with Gasteiger partial charge in [-0.2, -0.15) is 0 Å². The number of phenolic OH excluding ortho intramolecular Hbond substituents is 1. The van der Waals surface area contributed by atoms with Crippen molar-refractivity contribution in [3.05, 3.63) is 28.7 Å². The zero-order chi connectivity index (χ0) is 12.4. The molecule has 0 spiro atoms. The number of thioether (sulfide) groups is 1. The summed E-state index contributed by atoms with van der Waals surface area (Å²) in [5.41, 5.74) is 0.520. The van der Waals surface area contributed by atoms with Crippen molar-refractivity contribution in [2.45, 2.75) is 0 Å². The summed E-state index contributed by atoms with van der Waals surface area (Å²) in [6.07, 6.45) is 1.58. The van der Waals surface area contributed by atoms with Crippen LogP contribution in [0.25, 0.3) is 6.08 Å². The standard InChI is InChI=1S/C11H9NO3S2/c1-15-7-2-3-8(13)6(4-7)5-9-10(14)12-11(16)17-9/h2-5,13H,1H3,(H,12,14,16)/b9-5+. The van der Waals surface area contributed by atoms with Crippen molar-refractivity contribution in [1.29, 1.82) is 0 Å². The van der Waals surface area contributed by atoms with E-state index in [0.29, 0.717) is 20.5 Å². The molecule has 1 amide bonds. The number of hydrogen-bond donors (Lipinski definition) is 2. The first kappa shape index (κ1) is 11.9. The Morgan fingerprint density at radius 3 is 2.88 bits per heavy atom. The fourth-order valence-electron chi connectivity index (χ4n) is 1.34. The highest BCUT2D eigenvalue weighted by Crippen LogP contribution is 2.30. The Bertz CT molecular complexity index is 525. The average molecular weight is 267 g/mol. The average Bonchev–Trinajstić information content (AvgIpc) is 2.60. The molecular weight excluding hydrogens is 258 g/mol. The predicted octanol–water partition coefficient (Wildman–Crippen LogP) is 1.89. The number of amides is 1. The van der Waals surface area contributed by atoms with Crippen molar-refractivity contribution in [2.75, 3.05) is 7.11 Å². The maximum atomic E-state index is 11.5. The molecule has 1 fully saturated rings. The number of methoxy groups -OCH3 is 1. The first-order valence-corrected chi connectivity index (χ1v) is 5.94. The summed E-state index contributed by atoms with van der Waals surface area (Å²) in [5, 5.41) is 12.2. The third-order valence-corrected chi connectivity index (χ3v) is 3.33. The Kier molecular flexibility index (Phi) is 3.35. The Morgan fingerprint density at radius 2 is 2.29 bits per heavy atom. The SMILES string of the molecule is COc1ccc(O)c(/C=C2/SC(=S)NC2=O)c1. The summed E-state index contributed by atoms with van der Waals surface area (Å²) in [6, 6.07) is 4.81. The molecule has 0 unspecified atom stereocenters. The highest BCUT2D eigenvalue weighted by molar-refractivity contribution is 8.26. The second kappa shape index (κ2) is 4.77. The quantitative estimate of drug-likeness (QED) is 0.633. The lowest BCUT2D eigenvalue weighted by atomic mass is 10.1. The Morgan fingerprint density at radius 1 is 1.53 bits per heavy atom. The van der Waals surface area contributed by atoms with Gasteiger partial charge in [0.25, 0.3) is 5.91 Å². The molecule has 0 aliphatic carbocycles. The molecule has 6 heteroatoms. The number of ether oxygens (including phenoxy) is 1. The van der Waals surface area contributed by atoms with Gasteiger partial charge in [-0.05, 0) is 24.3 Å². The fraction of sp³-hybridized carbons (Fsp3) is 0.0909. The van der Waals surface area contributed by atoms with E-state index in [0.717, 1.165) is 0 Å². The van der Waals surface area contributed by atoms with Gasteiger partial charge in [-0.15, -0.1) is 0 Å². The smallest absolute Gasteiger partial charge is 0.263 e. The first-order chi connectivity index (χ1) is 8.10. The minimum atomic E-state index is -0.248. The molecule has 0 radical (unpaired) electrons. The van der Waals surface area contributed by atoms with Gasteiger partial charge in [-0.3, -0.25) is 4.79 Å². The third-order valence-electron chi connectivity index (χ3n) is 2.16. The number of nitrogens with one attached hydrogen (secondary N) is 1. The van der Waals surface area contributed by atoms with Gasteiger partial charge in [0.15, 0.2) is 0 Å². The maximum absolute atomic E-state index is 11.5. The van der Waals surface area contributed by atoms with Gasteiger partial charge in [-0.1, -0.05) is 24.0 Å². The highest BCUT2D eigenvalue weighted by Gasteiger charge is 2.22. The van der Waals surface area contributed by atoms with Crippen LogP contribution in [0.2, 0.25) is 0 Å². The fourth-order valence-corrected chi connectivity index (χ4v) is 2.37. The lowest BCUT2D eigenvalue weighted by Gasteiger charge is -2.03. The molecule has 1 aliphatic rings. The van der Waals surface area contributed by atoms with Crippen LogP contribution in [0.5, 0.6) is 11.5 Å². The van der Waals surface area contributed by atoms with Crippen LogP contribution >= 0.6 is 24.0 Å². The monoisotopic (exact) mass is 267 g/mol. The highest BCUT2D eigenvalue weighted by atomic mass is 32.2. The summed E-state index contributed by atoms with van der Waals surface area (Å²) in [7, 11) is 1.54. The van der Waals surface area contributed by atoms with Crippen molar-refractivity contribution in [3.8, 4) is 11.5 Å². The van der Waals surface area contributed by atoms with Crippen LogP contribution in [-0.2, 0) is 4.79 Å². The van der Waals surface area contributed by atoms with Crippen LogP contribution in [0.15, 0.2) is 23.1 Å². The van der Waals surface area contributed by atoms with Crippen LogP contribution in [-0.4, -0.2) is 22.4 Å². The van der Waals surface area contributed by atoms with Gasteiger partial charge < -0.3 is 15.2 Å². The van der Waals surface area contributed by atoms with E-state index in [9.17, 15) is 9.90 Å². The summed E-state index contributed by atoms with van der Waals surface area (Å²) >= 11 is 6.04. The van der Waals surface area contributed by atoms with Gasteiger partial charge in [-0.25, -0.2) is 0 Å². The van der Waals surface area contributed by atoms with E-state index in [1.54, 1.807) is 18.2 Å². The van der Waals surface area contributed by atoms with Gasteiger partial charge in [0.1, 0.15) is 15.8 Å². The minimum absolute atomic E-state index is 0.0875. The van der Waals surface area contributed by atoms with Gasteiger partial charge >= 0.3 is 0 Å². The topological polar surface area (TPSA) is 58.6 Å². The van der Waals surface area contributed by atoms with E-state index in [-0.39, 0.29) is 11.7 Å². The molecule has 88 valence electrons. The molecule has 17 heavy (non-hydrogen) atoms. The largest absolute Gasteiger partial charge is 0.507 e. The van der Waals surface area contributed by atoms with Crippen molar-refractivity contribution >= 4 is 40.3 Å². The Hall–Kier alpha value is -1.53. The van der Waals surface area contributed by atoms with Crippen molar-refractivity contribution in [2.24, 2.45) is 0 Å². The molecule has 4 nitrogen and oxygen atoms in total. The zero-order valence-electron chi connectivity index (χ0n) is 8.89. The van der Waals surface area contributed by atoms with Crippen LogP contribution in [0.1, 0.15) is 5.56 Å². The normalized spacial score (nSPS) is 17.4. The van der Waals surface area contributed by atoms with Crippen LogP contribution in [0, 0.1) is 0 Å². The van der Waals surface area contributed by atoms with E-state index in [1.165, 1.54) is 24.9 Å². The van der Waals surface area contributed by atoms with Crippen molar-refractivity contribution in [3.63, 3.8) is 0 Å². The van der Waals surface area contributed by atoms with E-state index < -0.39 is 0 Å². The number of aromatic hydroxyl groups is 1. The van der Waals surface area contributed by atoms with Gasteiger partial charge in [0, 0.05) is 5.56 Å². The lowest BCUT2D eigenvalue weighted by Crippen LogP contribution is -2.17. The molecule has 0 atom stereocenters. The second-order valence-electron chi connectivity index (χ2n) is 3.28. The van der Waals surface area contributed by atoms with Crippen LogP contribution in [0.4, 0.5) is 0 Å². The molecule has 1 aromatic rings. The molecule has 1 aromatic carbocycles. The van der Waals surface area contributed by atoms with Crippen molar-refractivity contribution < 1.29 is 14.6 Å². The molecule has 0 bridgehead atoms. The number of benzene rings is 1. The van der Waals surface area contributed by atoms with Gasteiger partial charge in [0.2, 0.25) is 0 Å². The minimum Gasteiger partial charge on any atom is -0.507 e. The molecule has 0 aromatic heterocycles. The van der Waals surface area contributed by atoms with E-state index in [2.05, 4.69) is 5.32 Å². The Balaban J connectivity index is 2.38. The number of carbonyl (C=O) groups excluding carboxylic acids is 1. The summed E-state index contributed by atoms with van der Waals surface area (Å²) < 4.78 is 5.47. The molecule has 2 N–H and O–H groups in total. The number of carbonyl (C=O) groups is 1. The number of rotatable bonds is 2. The van der Waals surface area contributed by atoms with Gasteiger partial charge in [0.05, 0.1) is 12.0 Å². The Labute approximate surface area is 108 Å². The lowest BCUT2D eigenvalue weighted by molar-refractivity contribution is -0.115. The van der Waals surface area contributed by atoms with E-state index in [1.807, 2.05) is 0 Å². The second-order valence-corrected chi connectivity index (χ2v) is 5.00. The van der Waals surface area contributed by atoms with E-state index in [4.69, 9.17) is 17.0 Å². The number of thiocarbonyl (C=S) groups is 1. The summed E-state index contributed by atoms with van der Waals surface area (Å²) in [4.78, 5) is 11.9. The molecule has 1 heterocycles. The molecule has 2 rings (SSSR count). The number of phenols is 1. The number of hydrogen-bond acceptors (Lipinski definition) is 5. The molecule has 1 saturated heterocycles.